The summed E-state index contributed by atoms with van der Waals surface area (Å²) in [6, 6.07) is 27.6. The van der Waals surface area contributed by atoms with Gasteiger partial charge in [-0.2, -0.15) is 0 Å². The van der Waals surface area contributed by atoms with Gasteiger partial charge in [0.15, 0.2) is 0 Å². The van der Waals surface area contributed by atoms with Crippen LogP contribution in [0.1, 0.15) is 27.0 Å². The molecule has 3 aromatic carbocycles. The highest BCUT2D eigenvalue weighted by Gasteiger charge is 2.07. The van der Waals surface area contributed by atoms with Crippen LogP contribution in [0.25, 0.3) is 16.5 Å². The molecule has 1 N–H and O–H groups in total. The van der Waals surface area contributed by atoms with Crippen LogP contribution in [-0.4, -0.2) is 10.9 Å². The summed E-state index contributed by atoms with van der Waals surface area (Å²) in [5, 5.41) is 3.94. The monoisotopic (exact) mass is 364 g/mol. The lowest BCUT2D eigenvalue weighted by atomic mass is 9.99. The number of hydrogen-bond donors (Lipinski definition) is 1. The summed E-state index contributed by atoms with van der Waals surface area (Å²) < 4.78 is 0. The van der Waals surface area contributed by atoms with Crippen molar-refractivity contribution in [3.05, 3.63) is 120 Å². The molecule has 0 spiro atoms. The van der Waals surface area contributed by atoms with Gasteiger partial charge in [0, 0.05) is 23.7 Å². The fourth-order valence-corrected chi connectivity index (χ4v) is 3.13. The quantitative estimate of drug-likeness (QED) is 0.527. The van der Waals surface area contributed by atoms with Gasteiger partial charge in [-0.1, -0.05) is 67.2 Å². The van der Waals surface area contributed by atoms with Gasteiger partial charge in [-0.05, 0) is 46.5 Å². The fourth-order valence-electron chi connectivity index (χ4n) is 3.13. The molecule has 136 valence electrons. The molecule has 0 unspecified atom stereocenters. The first-order chi connectivity index (χ1) is 13.7. The van der Waals surface area contributed by atoms with Gasteiger partial charge in [0.05, 0.1) is 5.52 Å². The van der Waals surface area contributed by atoms with Crippen molar-refractivity contribution in [1.29, 1.82) is 0 Å². The molecule has 4 rings (SSSR count). The van der Waals surface area contributed by atoms with Crippen LogP contribution in [0.5, 0.6) is 0 Å². The Morgan fingerprint density at radius 3 is 2.32 bits per heavy atom. The Morgan fingerprint density at radius 1 is 0.821 bits per heavy atom. The van der Waals surface area contributed by atoms with Gasteiger partial charge in [-0.15, -0.1) is 0 Å². The Hall–Kier alpha value is -3.72. The molecule has 3 nitrogen and oxygen atoms in total. The number of nitrogens with zero attached hydrogens (tertiary/aromatic N) is 1. The summed E-state index contributed by atoms with van der Waals surface area (Å²) in [5.74, 6) is -0.0940. The second-order valence-corrected chi connectivity index (χ2v) is 6.64. The van der Waals surface area contributed by atoms with Crippen LogP contribution in [0.4, 0.5) is 0 Å². The third kappa shape index (κ3) is 3.84. The molecule has 0 bridgehead atoms. The number of nitrogens with one attached hydrogen (secondary N) is 1. The van der Waals surface area contributed by atoms with Gasteiger partial charge >= 0.3 is 0 Å². The van der Waals surface area contributed by atoms with E-state index in [1.807, 2.05) is 66.7 Å². The molecule has 1 heterocycles. The highest BCUT2D eigenvalue weighted by molar-refractivity contribution is 5.97. The molecule has 3 heteroatoms. The van der Waals surface area contributed by atoms with Gasteiger partial charge in [0.25, 0.3) is 5.91 Å². The van der Waals surface area contributed by atoms with Crippen molar-refractivity contribution in [3.63, 3.8) is 0 Å². The highest BCUT2D eigenvalue weighted by atomic mass is 16.1. The average Bonchev–Trinajstić information content (AvgIpc) is 2.77. The van der Waals surface area contributed by atoms with Crippen LogP contribution in [0.2, 0.25) is 0 Å². The minimum absolute atomic E-state index is 0.0940. The Balaban J connectivity index is 1.41. The Bertz CT molecular complexity index is 1130. The van der Waals surface area contributed by atoms with E-state index in [9.17, 15) is 4.79 Å². The van der Waals surface area contributed by atoms with Crippen molar-refractivity contribution < 1.29 is 4.79 Å². The van der Waals surface area contributed by atoms with Crippen LogP contribution in [0.3, 0.4) is 0 Å². The summed E-state index contributed by atoms with van der Waals surface area (Å²) in [5.41, 5.74) is 5.72. The van der Waals surface area contributed by atoms with E-state index in [2.05, 4.69) is 29.0 Å². The zero-order valence-corrected chi connectivity index (χ0v) is 15.4. The first-order valence-electron chi connectivity index (χ1n) is 9.17. The van der Waals surface area contributed by atoms with E-state index < -0.39 is 0 Å². The van der Waals surface area contributed by atoms with Gasteiger partial charge in [0.1, 0.15) is 0 Å². The minimum atomic E-state index is -0.0940. The lowest BCUT2D eigenvalue weighted by Crippen LogP contribution is -2.22. The van der Waals surface area contributed by atoms with Gasteiger partial charge in [-0.25, -0.2) is 0 Å². The van der Waals surface area contributed by atoms with Crippen LogP contribution in [-0.2, 0) is 6.54 Å². The predicted molar refractivity (Wildman–Crippen MR) is 114 cm³/mol. The van der Waals surface area contributed by atoms with Crippen LogP contribution in [0, 0.1) is 0 Å². The van der Waals surface area contributed by atoms with E-state index in [-0.39, 0.29) is 5.91 Å². The summed E-state index contributed by atoms with van der Waals surface area (Å²) in [4.78, 5) is 16.8. The van der Waals surface area contributed by atoms with Crippen molar-refractivity contribution in [2.24, 2.45) is 0 Å². The first-order valence-corrected chi connectivity index (χ1v) is 9.17. The number of aromatic nitrogens is 1. The molecule has 4 aromatic rings. The van der Waals surface area contributed by atoms with E-state index in [0.29, 0.717) is 12.1 Å². The van der Waals surface area contributed by atoms with E-state index in [1.165, 1.54) is 0 Å². The lowest BCUT2D eigenvalue weighted by molar-refractivity contribution is 0.0951. The zero-order valence-electron chi connectivity index (χ0n) is 15.4. The highest BCUT2D eigenvalue weighted by Crippen LogP contribution is 2.21. The van der Waals surface area contributed by atoms with Gasteiger partial charge in [-0.3, -0.25) is 9.78 Å². The number of amides is 1. The van der Waals surface area contributed by atoms with E-state index >= 15 is 0 Å². The predicted octanol–water partition coefficient (Wildman–Crippen LogP) is 5.23. The molecule has 1 amide bonds. The standard InChI is InChI=1S/C25H20N2O/c1-18(20-6-3-2-4-7-20)21-11-9-19(10-12-21)17-27-25(28)23-13-14-24-22(16-23)8-5-15-26-24/h2-16H,1,17H2,(H,27,28). The number of benzene rings is 3. The van der Waals surface area contributed by atoms with Crippen molar-refractivity contribution >= 4 is 22.4 Å². The van der Waals surface area contributed by atoms with Crippen molar-refractivity contribution in [3.8, 4) is 0 Å². The van der Waals surface area contributed by atoms with Gasteiger partial charge < -0.3 is 5.32 Å². The Kier molecular flexibility index (Phi) is 4.98. The largest absolute Gasteiger partial charge is 0.348 e. The molecule has 1 aromatic heterocycles. The van der Waals surface area contributed by atoms with Crippen molar-refractivity contribution in [2.75, 3.05) is 0 Å². The number of pyridine rings is 1. The molecule has 28 heavy (non-hydrogen) atoms. The molecule has 0 saturated heterocycles. The van der Waals surface area contributed by atoms with E-state index in [1.54, 1.807) is 12.3 Å². The average molecular weight is 364 g/mol. The normalized spacial score (nSPS) is 10.6. The van der Waals surface area contributed by atoms with Crippen molar-refractivity contribution in [1.82, 2.24) is 10.3 Å². The lowest BCUT2D eigenvalue weighted by Gasteiger charge is -2.09. The number of carbonyl (C=O) groups excluding carboxylic acids is 1. The SMILES string of the molecule is C=C(c1ccccc1)c1ccc(CNC(=O)c2ccc3ncccc3c2)cc1. The maximum Gasteiger partial charge on any atom is 0.251 e. The number of rotatable bonds is 5. The second-order valence-electron chi connectivity index (χ2n) is 6.64. The molecule has 0 aliphatic rings. The van der Waals surface area contributed by atoms with Gasteiger partial charge in [0.2, 0.25) is 0 Å². The number of fused-ring (bicyclic) bond motifs is 1. The topological polar surface area (TPSA) is 42.0 Å². The number of hydrogen-bond acceptors (Lipinski definition) is 2. The van der Waals surface area contributed by atoms with E-state index in [0.717, 1.165) is 33.2 Å². The molecule has 0 aliphatic carbocycles. The molecular formula is C25H20N2O. The maximum atomic E-state index is 12.5. The Labute approximate surface area is 164 Å². The molecule has 0 aliphatic heterocycles. The van der Waals surface area contributed by atoms with Crippen molar-refractivity contribution in [2.45, 2.75) is 6.54 Å². The second kappa shape index (κ2) is 7.89. The summed E-state index contributed by atoms with van der Waals surface area (Å²) in [6.07, 6.45) is 1.75. The van der Waals surface area contributed by atoms with E-state index in [4.69, 9.17) is 0 Å². The fraction of sp³-hybridized carbons (Fsp3) is 0.0400. The maximum absolute atomic E-state index is 12.5. The minimum Gasteiger partial charge on any atom is -0.348 e. The molecular weight excluding hydrogens is 344 g/mol. The Morgan fingerprint density at radius 2 is 1.54 bits per heavy atom. The summed E-state index contributed by atoms with van der Waals surface area (Å²) in [7, 11) is 0. The zero-order chi connectivity index (χ0) is 19.3. The molecule has 0 fully saturated rings. The third-order valence-corrected chi connectivity index (χ3v) is 4.74. The molecule has 0 atom stereocenters. The number of carbonyl (C=O) groups is 1. The summed E-state index contributed by atoms with van der Waals surface area (Å²) >= 11 is 0. The summed E-state index contributed by atoms with van der Waals surface area (Å²) in [6.45, 7) is 4.66. The third-order valence-electron chi connectivity index (χ3n) is 4.74. The first kappa shape index (κ1) is 17.7. The molecule has 0 saturated carbocycles. The van der Waals surface area contributed by atoms with Crippen LogP contribution in [0.15, 0.2) is 97.7 Å². The smallest absolute Gasteiger partial charge is 0.251 e. The molecule has 0 radical (unpaired) electrons. The van der Waals surface area contributed by atoms with Crippen LogP contribution < -0.4 is 5.32 Å². The van der Waals surface area contributed by atoms with Crippen LogP contribution >= 0.6 is 0 Å².